The van der Waals surface area contributed by atoms with Crippen LogP contribution in [0.5, 0.6) is 0 Å². The molecule has 0 nitrogen and oxygen atoms in total. The number of halogens is 9. The van der Waals surface area contributed by atoms with E-state index in [0.29, 0.717) is 0 Å². The van der Waals surface area contributed by atoms with Gasteiger partial charge < -0.3 is 0 Å². The molecule has 0 spiro atoms. The van der Waals surface area contributed by atoms with Crippen LogP contribution in [0.25, 0.3) is 0 Å². The van der Waals surface area contributed by atoms with Crippen molar-refractivity contribution in [3.63, 3.8) is 0 Å². The van der Waals surface area contributed by atoms with Gasteiger partial charge in [0.15, 0.2) is 0 Å². The molecule has 13 heavy (non-hydrogen) atoms. The molecular weight excluding hydrogens is 282 g/mol. The van der Waals surface area contributed by atoms with Gasteiger partial charge in [-0.05, 0) is 0 Å². The van der Waals surface area contributed by atoms with Crippen molar-refractivity contribution in [3.8, 4) is 0 Å². The summed E-state index contributed by atoms with van der Waals surface area (Å²) in [6.45, 7) is 0. The molecule has 0 aromatic rings. The molecule has 0 saturated carbocycles. The predicted octanol–water partition coefficient (Wildman–Crippen LogP) is 2.79. The van der Waals surface area contributed by atoms with Gasteiger partial charge in [0.05, 0.1) is 0 Å². The van der Waals surface area contributed by atoms with Crippen molar-refractivity contribution in [3.05, 3.63) is 0 Å². The molecule has 0 radical (unpaired) electrons. The van der Waals surface area contributed by atoms with Crippen LogP contribution in [-0.2, 0) is 0 Å². The van der Waals surface area contributed by atoms with E-state index >= 15 is 0 Å². The second-order valence-corrected chi connectivity index (χ2v) is 6.34. The van der Waals surface area contributed by atoms with Crippen molar-refractivity contribution in [2.24, 2.45) is 0 Å². The van der Waals surface area contributed by atoms with Crippen LogP contribution in [0.15, 0.2) is 0 Å². The first-order valence-electron chi connectivity index (χ1n) is 2.37. The van der Waals surface area contributed by atoms with E-state index in [4.69, 9.17) is 0 Å². The van der Waals surface area contributed by atoms with Gasteiger partial charge in [-0.2, -0.15) is 0 Å². The van der Waals surface area contributed by atoms with Crippen LogP contribution in [0.1, 0.15) is 0 Å². The zero-order valence-corrected chi connectivity index (χ0v) is 7.23. The van der Waals surface area contributed by atoms with E-state index < -0.39 is 29.5 Å². The first-order valence-corrected chi connectivity index (χ1v) is 5.19. The first-order chi connectivity index (χ1) is 5.37. The Labute approximate surface area is 70.0 Å². The Morgan fingerprint density at radius 1 is 0.462 bits per heavy atom. The molecule has 0 heterocycles. The minimum atomic E-state index is -6.87. The van der Waals surface area contributed by atoms with Crippen molar-refractivity contribution in [2.75, 3.05) is 0 Å². The van der Waals surface area contributed by atoms with Crippen LogP contribution in [-0.4, -0.2) is 29.5 Å². The van der Waals surface area contributed by atoms with Crippen LogP contribution >= 0.6 is 0 Å². The van der Waals surface area contributed by atoms with E-state index in [1.165, 1.54) is 0 Å². The molecule has 0 aromatic heterocycles. The van der Waals surface area contributed by atoms with Crippen molar-refractivity contribution in [1.29, 1.82) is 0 Å². The van der Waals surface area contributed by atoms with Crippen LogP contribution in [0.3, 0.4) is 0 Å². The van der Waals surface area contributed by atoms with E-state index in [-0.39, 0.29) is 0 Å². The summed E-state index contributed by atoms with van der Waals surface area (Å²) in [7, 11) is 0. The van der Waals surface area contributed by atoms with Gasteiger partial charge in [-0.1, -0.05) is 0 Å². The molecule has 0 aromatic carbocycles. The molecule has 0 saturated heterocycles. The fourth-order valence-corrected chi connectivity index (χ4v) is 2.24. The zero-order valence-electron chi connectivity index (χ0n) is 5.35. The van der Waals surface area contributed by atoms with Gasteiger partial charge >= 0.3 is 69.1 Å². The first kappa shape index (κ1) is 12.9. The van der Waals surface area contributed by atoms with Crippen molar-refractivity contribution < 1.29 is 39.5 Å². The molecule has 0 aliphatic carbocycles. The fourth-order valence-electron chi connectivity index (χ4n) is 0.431. The molecule has 0 fully saturated rings. The Morgan fingerprint density at radius 2 is 0.615 bits per heavy atom. The Balaban J connectivity index is 5.02. The van der Waals surface area contributed by atoms with E-state index in [2.05, 4.69) is 0 Å². The monoisotopic (exact) mass is 282 g/mol. The van der Waals surface area contributed by atoms with Gasteiger partial charge in [-0.15, -0.1) is 0 Å². The third-order valence-corrected chi connectivity index (χ3v) is 3.95. The normalized spacial score (nSPS) is 15.2. The molecular formula is C3AsF9. The fraction of sp³-hybridized carbons (Fsp3) is 1.00. The Hall–Kier alpha value is -0.0716. The summed E-state index contributed by atoms with van der Waals surface area (Å²) in [5, 5.41) is 0. The summed E-state index contributed by atoms with van der Waals surface area (Å²) in [4.78, 5) is -18.7. The van der Waals surface area contributed by atoms with Crippen LogP contribution < -0.4 is 0 Å². The van der Waals surface area contributed by atoms with Gasteiger partial charge in [0.25, 0.3) is 0 Å². The molecule has 0 unspecified atom stereocenters. The van der Waals surface area contributed by atoms with Gasteiger partial charge in [0.1, 0.15) is 0 Å². The molecule has 10 heteroatoms. The van der Waals surface area contributed by atoms with Crippen molar-refractivity contribution in [2.45, 2.75) is 14.9 Å². The van der Waals surface area contributed by atoms with E-state index in [9.17, 15) is 39.5 Å². The summed E-state index contributed by atoms with van der Waals surface area (Å²) in [6, 6.07) is 0. The number of rotatable bonds is 0. The van der Waals surface area contributed by atoms with Gasteiger partial charge in [-0.3, -0.25) is 0 Å². The molecule has 0 N–H and O–H groups in total. The summed E-state index contributed by atoms with van der Waals surface area (Å²) < 4.78 is 102. The second kappa shape index (κ2) is 3.25. The third kappa shape index (κ3) is 3.66. The molecule has 0 amide bonds. The summed E-state index contributed by atoms with van der Waals surface area (Å²) in [5.41, 5.74) is 0. The minimum absolute atomic E-state index is 6.22. The van der Waals surface area contributed by atoms with Gasteiger partial charge in [-0.25, -0.2) is 0 Å². The number of alkyl halides is 9. The Kier molecular flexibility index (Phi) is 3.23. The number of hydrogen-bond donors (Lipinski definition) is 0. The molecule has 0 atom stereocenters. The molecule has 0 aliphatic heterocycles. The number of hydrogen-bond acceptors (Lipinski definition) is 0. The summed E-state index contributed by atoms with van der Waals surface area (Å²) in [6.07, 6.45) is 0. The quantitative estimate of drug-likeness (QED) is 0.473. The maximum absolute atomic E-state index is 11.3. The van der Waals surface area contributed by atoms with Crippen LogP contribution in [0.4, 0.5) is 39.5 Å². The maximum atomic E-state index is 11.3. The Morgan fingerprint density at radius 3 is 0.615 bits per heavy atom. The van der Waals surface area contributed by atoms with Crippen LogP contribution in [0, 0.1) is 0 Å². The molecule has 0 aliphatic rings. The van der Waals surface area contributed by atoms with Gasteiger partial charge in [0, 0.05) is 0 Å². The van der Waals surface area contributed by atoms with E-state index in [1.807, 2.05) is 0 Å². The summed E-state index contributed by atoms with van der Waals surface area (Å²) >= 11 is -6.87. The Bertz CT molecular complexity index is 137. The molecule has 0 bridgehead atoms. The zero-order chi connectivity index (χ0) is 11.1. The molecule has 0 rings (SSSR count). The van der Waals surface area contributed by atoms with Crippen LogP contribution in [0.2, 0.25) is 0 Å². The third-order valence-electron chi connectivity index (χ3n) is 0.761. The summed E-state index contributed by atoms with van der Waals surface area (Å²) in [5.74, 6) is 0. The van der Waals surface area contributed by atoms with Crippen molar-refractivity contribution >= 4 is 14.7 Å². The van der Waals surface area contributed by atoms with Gasteiger partial charge in [0.2, 0.25) is 0 Å². The standard InChI is InChI=1S/C3AsF9/c5-1(6,7)4(2(8,9)10)3(11,12)13. The topological polar surface area (TPSA) is 0 Å². The van der Waals surface area contributed by atoms with E-state index in [1.54, 1.807) is 0 Å². The van der Waals surface area contributed by atoms with E-state index in [0.717, 1.165) is 0 Å². The average molecular weight is 282 g/mol. The predicted molar refractivity (Wildman–Crippen MR) is 23.9 cm³/mol. The average Bonchev–Trinajstić information content (AvgIpc) is 1.44. The molecule has 80 valence electrons. The SMILES string of the molecule is FC(F)(F)[As](C(F)(F)F)C(F)(F)F. The van der Waals surface area contributed by atoms with Crippen molar-refractivity contribution in [1.82, 2.24) is 0 Å². The second-order valence-electron chi connectivity index (χ2n) is 1.74.